The van der Waals surface area contributed by atoms with E-state index >= 15 is 0 Å². The molecular weight excluding hydrogens is 320 g/mol. The fraction of sp³-hybridized carbons (Fsp3) is 0.368. The third kappa shape index (κ3) is 4.62. The van der Waals surface area contributed by atoms with Crippen molar-refractivity contribution in [3.63, 3.8) is 0 Å². The van der Waals surface area contributed by atoms with Gasteiger partial charge in [-0.25, -0.2) is 0 Å². The van der Waals surface area contributed by atoms with Gasteiger partial charge in [-0.2, -0.15) is 0 Å². The highest BCUT2D eigenvalue weighted by Gasteiger charge is 2.19. The van der Waals surface area contributed by atoms with Crippen molar-refractivity contribution in [3.05, 3.63) is 58.6 Å². The molecule has 0 amide bonds. The van der Waals surface area contributed by atoms with Crippen LogP contribution in [0.1, 0.15) is 19.3 Å². The van der Waals surface area contributed by atoms with Crippen LogP contribution in [-0.4, -0.2) is 31.2 Å². The van der Waals surface area contributed by atoms with Gasteiger partial charge < -0.3 is 14.4 Å². The second kappa shape index (κ2) is 8.37. The van der Waals surface area contributed by atoms with Gasteiger partial charge in [0.1, 0.15) is 19.0 Å². The second-order valence-electron chi connectivity index (χ2n) is 5.97. The Kier molecular flexibility index (Phi) is 5.72. The SMILES string of the molecule is O=[N+]([O-])c1ccc(N2CCCCC2)cc1OCCOc1ccccc1. The Bertz CT molecular complexity index is 700. The number of nitro groups is 1. The highest BCUT2D eigenvalue weighted by atomic mass is 16.6. The highest BCUT2D eigenvalue weighted by molar-refractivity contribution is 5.59. The van der Waals surface area contributed by atoms with E-state index in [1.807, 2.05) is 30.3 Å². The Morgan fingerprint density at radius 2 is 1.68 bits per heavy atom. The zero-order chi connectivity index (χ0) is 17.5. The maximum absolute atomic E-state index is 11.2. The van der Waals surface area contributed by atoms with Gasteiger partial charge in [0, 0.05) is 30.9 Å². The first-order valence-electron chi connectivity index (χ1n) is 8.58. The molecule has 0 atom stereocenters. The molecule has 1 aliphatic rings. The van der Waals surface area contributed by atoms with E-state index in [4.69, 9.17) is 9.47 Å². The number of hydrogen-bond donors (Lipinski definition) is 0. The van der Waals surface area contributed by atoms with E-state index in [0.29, 0.717) is 12.4 Å². The lowest BCUT2D eigenvalue weighted by Gasteiger charge is -2.29. The summed E-state index contributed by atoms with van der Waals surface area (Å²) in [6, 6.07) is 14.5. The maximum atomic E-state index is 11.2. The van der Waals surface area contributed by atoms with Crippen LogP contribution < -0.4 is 14.4 Å². The summed E-state index contributed by atoms with van der Waals surface area (Å²) in [5.41, 5.74) is 0.963. The summed E-state index contributed by atoms with van der Waals surface area (Å²) in [7, 11) is 0. The molecule has 0 saturated carbocycles. The number of hydrogen-bond acceptors (Lipinski definition) is 5. The maximum Gasteiger partial charge on any atom is 0.311 e. The lowest BCUT2D eigenvalue weighted by Crippen LogP contribution is -2.29. The average molecular weight is 342 g/mol. The van der Waals surface area contributed by atoms with Crippen molar-refractivity contribution in [1.82, 2.24) is 0 Å². The molecule has 0 N–H and O–H groups in total. The number of rotatable bonds is 7. The molecule has 1 heterocycles. The van der Waals surface area contributed by atoms with Crippen LogP contribution in [0.2, 0.25) is 0 Å². The number of piperidine rings is 1. The summed E-state index contributed by atoms with van der Waals surface area (Å²) in [5.74, 6) is 1.05. The molecule has 6 heteroatoms. The van der Waals surface area contributed by atoms with Gasteiger partial charge in [-0.15, -0.1) is 0 Å². The molecule has 1 saturated heterocycles. The second-order valence-corrected chi connectivity index (χ2v) is 5.97. The summed E-state index contributed by atoms with van der Waals surface area (Å²) in [6.07, 6.45) is 3.54. The number of benzene rings is 2. The molecule has 0 aliphatic carbocycles. The lowest BCUT2D eigenvalue weighted by atomic mass is 10.1. The fourth-order valence-electron chi connectivity index (χ4n) is 2.95. The van der Waals surface area contributed by atoms with Crippen LogP contribution in [0, 0.1) is 10.1 Å². The Morgan fingerprint density at radius 1 is 0.960 bits per heavy atom. The molecule has 132 valence electrons. The number of nitro benzene ring substituents is 1. The largest absolute Gasteiger partial charge is 0.490 e. The topological polar surface area (TPSA) is 64.8 Å². The van der Waals surface area contributed by atoms with Crippen LogP contribution in [0.3, 0.4) is 0 Å². The normalized spacial score (nSPS) is 14.2. The zero-order valence-corrected chi connectivity index (χ0v) is 14.1. The predicted octanol–water partition coefficient (Wildman–Crippen LogP) is 4.04. The minimum absolute atomic E-state index is 0.0135. The molecule has 6 nitrogen and oxygen atoms in total. The number of ether oxygens (including phenoxy) is 2. The van der Waals surface area contributed by atoms with Crippen molar-refractivity contribution in [2.45, 2.75) is 19.3 Å². The van der Waals surface area contributed by atoms with Gasteiger partial charge in [-0.3, -0.25) is 10.1 Å². The van der Waals surface area contributed by atoms with E-state index in [2.05, 4.69) is 4.90 Å². The van der Waals surface area contributed by atoms with Crippen LogP contribution in [0.15, 0.2) is 48.5 Å². The van der Waals surface area contributed by atoms with Gasteiger partial charge >= 0.3 is 5.69 Å². The van der Waals surface area contributed by atoms with Crippen LogP contribution in [0.5, 0.6) is 11.5 Å². The smallest absolute Gasteiger partial charge is 0.311 e. The molecule has 3 rings (SSSR count). The Hall–Kier alpha value is -2.76. The molecule has 1 aliphatic heterocycles. The van der Waals surface area contributed by atoms with E-state index in [0.717, 1.165) is 37.4 Å². The average Bonchev–Trinajstić information content (AvgIpc) is 2.66. The molecular formula is C19H22N2O4. The van der Waals surface area contributed by atoms with Crippen molar-refractivity contribution in [3.8, 4) is 11.5 Å². The number of para-hydroxylation sites is 1. The van der Waals surface area contributed by atoms with Crippen LogP contribution in [-0.2, 0) is 0 Å². The summed E-state index contributed by atoms with van der Waals surface area (Å²) >= 11 is 0. The Morgan fingerprint density at radius 3 is 2.40 bits per heavy atom. The monoisotopic (exact) mass is 342 g/mol. The molecule has 25 heavy (non-hydrogen) atoms. The number of nitrogens with zero attached hydrogens (tertiary/aromatic N) is 2. The van der Waals surface area contributed by atoms with Crippen LogP contribution in [0.4, 0.5) is 11.4 Å². The summed E-state index contributed by atoms with van der Waals surface area (Å²) in [6.45, 7) is 2.54. The fourth-order valence-corrected chi connectivity index (χ4v) is 2.95. The third-order valence-electron chi connectivity index (χ3n) is 4.21. The van der Waals surface area contributed by atoms with Crippen molar-refractivity contribution in [2.24, 2.45) is 0 Å². The summed E-state index contributed by atoms with van der Waals surface area (Å²) in [4.78, 5) is 13.1. The highest BCUT2D eigenvalue weighted by Crippen LogP contribution is 2.32. The summed E-state index contributed by atoms with van der Waals surface area (Å²) in [5, 5.41) is 11.2. The number of anilines is 1. The van der Waals surface area contributed by atoms with Crippen molar-refractivity contribution in [2.75, 3.05) is 31.2 Å². The van der Waals surface area contributed by atoms with Gasteiger partial charge in [0.2, 0.25) is 0 Å². The third-order valence-corrected chi connectivity index (χ3v) is 4.21. The minimum atomic E-state index is -0.409. The van der Waals surface area contributed by atoms with Gasteiger partial charge in [0.05, 0.1) is 4.92 Å². The lowest BCUT2D eigenvalue weighted by molar-refractivity contribution is -0.385. The van der Waals surface area contributed by atoms with Crippen LogP contribution >= 0.6 is 0 Å². The quantitative estimate of drug-likeness (QED) is 0.431. The van der Waals surface area contributed by atoms with E-state index in [1.165, 1.54) is 12.5 Å². The molecule has 0 unspecified atom stereocenters. The van der Waals surface area contributed by atoms with E-state index in [-0.39, 0.29) is 12.3 Å². The van der Waals surface area contributed by atoms with E-state index in [1.54, 1.807) is 12.1 Å². The molecule has 0 spiro atoms. The van der Waals surface area contributed by atoms with E-state index < -0.39 is 4.92 Å². The first-order valence-corrected chi connectivity index (χ1v) is 8.58. The van der Waals surface area contributed by atoms with Crippen molar-refractivity contribution < 1.29 is 14.4 Å². The molecule has 0 radical (unpaired) electrons. The first kappa shape index (κ1) is 17.1. The van der Waals surface area contributed by atoms with Crippen LogP contribution in [0.25, 0.3) is 0 Å². The first-order chi connectivity index (χ1) is 12.2. The van der Waals surface area contributed by atoms with E-state index in [9.17, 15) is 10.1 Å². The Balaban J connectivity index is 1.64. The predicted molar refractivity (Wildman–Crippen MR) is 96.6 cm³/mol. The zero-order valence-electron chi connectivity index (χ0n) is 14.1. The van der Waals surface area contributed by atoms with Crippen molar-refractivity contribution in [1.29, 1.82) is 0 Å². The molecule has 2 aromatic carbocycles. The Labute approximate surface area is 147 Å². The summed E-state index contributed by atoms with van der Waals surface area (Å²) < 4.78 is 11.2. The van der Waals surface area contributed by atoms with Gasteiger partial charge in [-0.05, 0) is 37.5 Å². The standard InChI is InChI=1S/C19H22N2O4/c22-21(23)18-10-9-16(20-11-5-2-6-12-20)15-19(18)25-14-13-24-17-7-3-1-4-8-17/h1,3-4,7-10,15H,2,5-6,11-14H2. The molecule has 1 fully saturated rings. The molecule has 0 aromatic heterocycles. The van der Waals surface area contributed by atoms with Crippen molar-refractivity contribution >= 4 is 11.4 Å². The van der Waals surface area contributed by atoms with Gasteiger partial charge in [0.15, 0.2) is 5.75 Å². The van der Waals surface area contributed by atoms with Gasteiger partial charge in [-0.1, -0.05) is 18.2 Å². The van der Waals surface area contributed by atoms with Gasteiger partial charge in [0.25, 0.3) is 0 Å². The molecule has 2 aromatic rings. The molecule has 0 bridgehead atoms. The minimum Gasteiger partial charge on any atom is -0.490 e.